The van der Waals surface area contributed by atoms with Gasteiger partial charge in [0, 0.05) is 40.8 Å². The van der Waals surface area contributed by atoms with Gasteiger partial charge in [0.2, 0.25) is 33.7 Å². The summed E-state index contributed by atoms with van der Waals surface area (Å²) in [5.41, 5.74) is 0.726. The Hall–Kier alpha value is -4.21. The molecule has 0 spiro atoms. The molecule has 0 bridgehead atoms. The molecule has 1 aromatic rings. The monoisotopic (exact) mass is 995 g/mol. The third-order valence-electron chi connectivity index (χ3n) is 13.4. The van der Waals surface area contributed by atoms with Crippen molar-refractivity contribution in [3.8, 4) is 0 Å². The summed E-state index contributed by atoms with van der Waals surface area (Å²) in [6.07, 6.45) is 1.14. The highest BCUT2D eigenvalue weighted by Crippen LogP contribution is 2.30. The van der Waals surface area contributed by atoms with Crippen molar-refractivity contribution in [2.24, 2.45) is 23.7 Å². The van der Waals surface area contributed by atoms with Gasteiger partial charge in [0.05, 0.1) is 80.8 Å². The van der Waals surface area contributed by atoms with E-state index < -0.39 is 81.4 Å². The number of benzene rings is 1. The molecule has 2 fully saturated rings. The van der Waals surface area contributed by atoms with Crippen LogP contribution in [0.25, 0.3) is 0 Å². The van der Waals surface area contributed by atoms with E-state index >= 15 is 0 Å². The molecule has 19 nitrogen and oxygen atoms in total. The van der Waals surface area contributed by atoms with E-state index in [-0.39, 0.29) is 74.6 Å². The van der Waals surface area contributed by atoms with Crippen LogP contribution in [0.15, 0.2) is 30.3 Å². The van der Waals surface area contributed by atoms with Gasteiger partial charge in [0.1, 0.15) is 12.1 Å². The molecule has 1 aromatic carbocycles. The molecule has 1 aliphatic carbocycles. The molecule has 1 aliphatic heterocycles. The Morgan fingerprint density at radius 1 is 0.826 bits per heavy atom. The van der Waals surface area contributed by atoms with Gasteiger partial charge in [-0.25, -0.2) is 8.42 Å². The van der Waals surface area contributed by atoms with Crippen molar-refractivity contribution >= 4 is 45.5 Å². The summed E-state index contributed by atoms with van der Waals surface area (Å²) >= 11 is 0. The fourth-order valence-electron chi connectivity index (χ4n) is 9.15. The number of carboxylic acid groups (broad SMARTS) is 1. The van der Waals surface area contributed by atoms with Gasteiger partial charge in [-0.2, -0.15) is 0 Å². The molecule has 69 heavy (non-hydrogen) atoms. The van der Waals surface area contributed by atoms with E-state index in [1.165, 1.54) is 14.2 Å². The molecule has 2 aliphatic rings. The van der Waals surface area contributed by atoms with Crippen LogP contribution in [0.3, 0.4) is 0 Å². The van der Waals surface area contributed by atoms with E-state index in [2.05, 4.69) is 15.4 Å². The second-order valence-corrected chi connectivity index (χ2v) is 21.3. The zero-order valence-electron chi connectivity index (χ0n) is 42.8. The van der Waals surface area contributed by atoms with E-state index in [0.717, 1.165) is 5.56 Å². The topological polar surface area (TPSA) is 240 Å². The van der Waals surface area contributed by atoms with E-state index in [0.29, 0.717) is 51.8 Å². The van der Waals surface area contributed by atoms with Gasteiger partial charge in [0.25, 0.3) is 5.91 Å². The second kappa shape index (κ2) is 28.6. The number of nitrogens with zero attached hydrogens (tertiary/aromatic N) is 3. The number of likely N-dealkylation sites (tertiary alicyclic amines) is 1. The maximum atomic E-state index is 14.6. The number of likely N-dealkylation sites (N-methyl/N-ethyl adjacent to an activating group) is 2. The lowest BCUT2D eigenvalue weighted by Crippen LogP contribution is -2.60. The van der Waals surface area contributed by atoms with Crippen LogP contribution in [-0.4, -0.2) is 179 Å². The molecule has 3 rings (SSSR count). The fraction of sp³-hybridized carbons (Fsp3) is 0.755. The SMILES string of the molecule is CC[C@H](C)[C@@H]([C@@H](CC(=O)N1CCC[C@H]1[C@H](OC)[C@@H](C)C(=O)N[C@@H](Cc1ccccc1)C(=O)NS(=O)(=O)C1CC1)OC)N(C)C(=O)[C@@H](NC(=O)[C@H](C(C)C)N(C)CCOCCOCCC(=O)O)C(C)C. The first-order valence-corrected chi connectivity index (χ1v) is 26.0. The number of carbonyl (C=O) groups is 6. The van der Waals surface area contributed by atoms with Gasteiger partial charge in [0.15, 0.2) is 0 Å². The zero-order chi connectivity index (χ0) is 51.6. The Morgan fingerprint density at radius 2 is 1.46 bits per heavy atom. The Kier molecular flexibility index (Phi) is 24.5. The van der Waals surface area contributed by atoms with E-state index in [4.69, 9.17) is 24.1 Å². The minimum atomic E-state index is -3.88. The number of amides is 5. The lowest BCUT2D eigenvalue weighted by Gasteiger charge is -2.41. The summed E-state index contributed by atoms with van der Waals surface area (Å²) in [6, 6.07) is 5.23. The standard InChI is InChI=1S/C49H82N6O13S/c1-12-33(6)44(54(9)49(62)42(31(2)3)51-48(61)43(32(4)5)53(8)24-26-68-28-27-67-25-22-41(57)58)39(65-10)30-40(56)55-23-16-19-38(55)45(66-11)34(7)46(59)50-37(29-35-17-14-13-15-18-35)47(60)52-69(63,64)36-20-21-36/h13-15,17-18,31-34,36-39,42-45H,12,16,19-30H2,1-11H3,(H,50,59)(H,51,61)(H,52,60)(H,57,58)/t33-,34+,37-,38-,39+,42-,43-,44-,45+/m0/s1. The van der Waals surface area contributed by atoms with Crippen LogP contribution in [0.5, 0.6) is 0 Å². The number of hydrogen-bond donors (Lipinski definition) is 4. The molecule has 0 unspecified atom stereocenters. The summed E-state index contributed by atoms with van der Waals surface area (Å²) in [5, 5.41) is 14.0. The van der Waals surface area contributed by atoms with Crippen molar-refractivity contribution in [1.82, 2.24) is 30.1 Å². The minimum absolute atomic E-state index is 0.0538. The number of nitrogens with one attached hydrogen (secondary N) is 3. The number of carbonyl (C=O) groups excluding carboxylic acids is 5. The van der Waals surface area contributed by atoms with Crippen LogP contribution >= 0.6 is 0 Å². The van der Waals surface area contributed by atoms with E-state index in [1.807, 2.05) is 59.6 Å². The highest BCUT2D eigenvalue weighted by atomic mass is 32.2. The molecule has 0 aromatic heterocycles. The molecule has 1 saturated carbocycles. The van der Waals surface area contributed by atoms with Gasteiger partial charge in [-0.3, -0.25) is 38.4 Å². The van der Waals surface area contributed by atoms with Crippen LogP contribution in [0.1, 0.15) is 99.0 Å². The van der Waals surface area contributed by atoms with E-state index in [9.17, 15) is 37.2 Å². The van der Waals surface area contributed by atoms with Crippen molar-refractivity contribution in [1.29, 1.82) is 0 Å². The van der Waals surface area contributed by atoms with Crippen LogP contribution in [-0.2, 0) is 64.2 Å². The molecule has 1 heterocycles. The Balaban J connectivity index is 1.74. The summed E-state index contributed by atoms with van der Waals surface area (Å²) in [6.45, 7) is 15.0. The molecule has 392 valence electrons. The first kappa shape index (κ1) is 59.1. The third kappa shape index (κ3) is 17.9. The van der Waals surface area contributed by atoms with Crippen molar-refractivity contribution < 1.29 is 61.2 Å². The van der Waals surface area contributed by atoms with Crippen LogP contribution in [0.2, 0.25) is 0 Å². The van der Waals surface area contributed by atoms with Crippen molar-refractivity contribution in [3.05, 3.63) is 35.9 Å². The number of methoxy groups -OCH3 is 2. The minimum Gasteiger partial charge on any atom is -0.481 e. The van der Waals surface area contributed by atoms with Gasteiger partial charge in [-0.1, -0.05) is 85.2 Å². The van der Waals surface area contributed by atoms with Crippen LogP contribution in [0.4, 0.5) is 0 Å². The molecule has 5 amide bonds. The van der Waals surface area contributed by atoms with Crippen LogP contribution in [0, 0.1) is 23.7 Å². The Labute approximate surface area is 410 Å². The Bertz CT molecular complexity index is 1920. The first-order valence-electron chi connectivity index (χ1n) is 24.5. The lowest BCUT2D eigenvalue weighted by atomic mass is 9.89. The first-order chi connectivity index (χ1) is 32.6. The van der Waals surface area contributed by atoms with Crippen molar-refractivity contribution in [2.75, 3.05) is 67.8 Å². The lowest BCUT2D eigenvalue weighted by molar-refractivity contribution is -0.148. The van der Waals surface area contributed by atoms with E-state index in [1.54, 1.807) is 48.0 Å². The predicted octanol–water partition coefficient (Wildman–Crippen LogP) is 2.85. The summed E-state index contributed by atoms with van der Waals surface area (Å²) in [7, 11) is 2.59. The summed E-state index contributed by atoms with van der Waals surface area (Å²) in [5.74, 6) is -4.56. The smallest absolute Gasteiger partial charge is 0.305 e. The van der Waals surface area contributed by atoms with Gasteiger partial charge in [-0.05, 0) is 56.0 Å². The van der Waals surface area contributed by atoms with Crippen molar-refractivity contribution in [2.45, 2.75) is 147 Å². The molecular formula is C49H82N6O13S. The average Bonchev–Trinajstić information content (AvgIpc) is 4.06. The quantitative estimate of drug-likeness (QED) is 0.0760. The number of hydrogen-bond acceptors (Lipinski definition) is 13. The number of ether oxygens (including phenoxy) is 4. The number of sulfonamides is 1. The molecule has 9 atom stereocenters. The highest BCUT2D eigenvalue weighted by molar-refractivity contribution is 7.90. The number of aliphatic carboxylic acids is 1. The van der Waals surface area contributed by atoms with Gasteiger partial charge < -0.3 is 44.5 Å². The third-order valence-corrected chi connectivity index (χ3v) is 15.2. The fourth-order valence-corrected chi connectivity index (χ4v) is 10.5. The number of rotatable bonds is 32. The molecule has 20 heteroatoms. The normalized spacial score (nSPS) is 18.8. The molecule has 1 saturated heterocycles. The second-order valence-electron chi connectivity index (χ2n) is 19.3. The van der Waals surface area contributed by atoms with Gasteiger partial charge >= 0.3 is 5.97 Å². The number of carboxylic acids is 1. The highest BCUT2D eigenvalue weighted by Gasteiger charge is 2.44. The van der Waals surface area contributed by atoms with Crippen LogP contribution < -0.4 is 15.4 Å². The predicted molar refractivity (Wildman–Crippen MR) is 260 cm³/mol. The zero-order valence-corrected chi connectivity index (χ0v) is 43.6. The van der Waals surface area contributed by atoms with Crippen molar-refractivity contribution in [3.63, 3.8) is 0 Å². The molecule has 4 N–H and O–H groups in total. The maximum Gasteiger partial charge on any atom is 0.305 e. The summed E-state index contributed by atoms with van der Waals surface area (Å²) < 4.78 is 50.6. The largest absolute Gasteiger partial charge is 0.481 e. The Morgan fingerprint density at radius 3 is 2.01 bits per heavy atom. The average molecular weight is 995 g/mol. The summed E-state index contributed by atoms with van der Waals surface area (Å²) in [4.78, 5) is 86.4. The maximum absolute atomic E-state index is 14.6. The van der Waals surface area contributed by atoms with Gasteiger partial charge in [-0.15, -0.1) is 0 Å². The molecular weight excluding hydrogens is 913 g/mol. The molecule has 0 radical (unpaired) electrons.